The van der Waals surface area contributed by atoms with Gasteiger partial charge in [-0.3, -0.25) is 0 Å². The molecule has 1 aliphatic rings. The number of morpholine rings is 1. The molecule has 0 atom stereocenters. The van der Waals surface area contributed by atoms with Crippen molar-refractivity contribution in [1.29, 1.82) is 0 Å². The highest BCUT2D eigenvalue weighted by molar-refractivity contribution is 7.21. The molecule has 0 unspecified atom stereocenters. The molecule has 4 heterocycles. The normalized spacial score (nSPS) is 14.8. The van der Waals surface area contributed by atoms with Gasteiger partial charge in [0.25, 0.3) is 5.89 Å². The molecule has 7 nitrogen and oxygen atoms in total. The first-order valence-electron chi connectivity index (χ1n) is 8.45. The van der Waals surface area contributed by atoms with E-state index in [2.05, 4.69) is 25.1 Å². The number of hydrogen-bond donors (Lipinski definition) is 0. The molecule has 1 aliphatic heterocycles. The van der Waals surface area contributed by atoms with E-state index in [1.54, 1.807) is 12.4 Å². The van der Waals surface area contributed by atoms with E-state index in [-0.39, 0.29) is 0 Å². The number of thiophene rings is 1. The Morgan fingerprint density at radius 1 is 1.04 bits per heavy atom. The van der Waals surface area contributed by atoms with Crippen LogP contribution in [0.15, 0.2) is 41.1 Å². The van der Waals surface area contributed by atoms with E-state index < -0.39 is 0 Å². The molecule has 0 aliphatic carbocycles. The zero-order valence-corrected chi connectivity index (χ0v) is 15.7. The van der Waals surface area contributed by atoms with E-state index in [0.29, 0.717) is 35.6 Å². The Bertz CT molecular complexity index is 1110. The molecule has 0 spiro atoms. The minimum Gasteiger partial charge on any atom is -0.415 e. The van der Waals surface area contributed by atoms with Gasteiger partial charge in [-0.05, 0) is 18.2 Å². The average molecular weight is 400 g/mol. The highest BCUT2D eigenvalue weighted by Crippen LogP contribution is 2.37. The van der Waals surface area contributed by atoms with Crippen molar-refractivity contribution < 1.29 is 9.15 Å². The number of hydrogen-bond acceptors (Lipinski definition) is 8. The molecule has 0 saturated carbocycles. The van der Waals surface area contributed by atoms with Crippen LogP contribution >= 0.6 is 22.9 Å². The van der Waals surface area contributed by atoms with Crippen LogP contribution in [-0.4, -0.2) is 46.5 Å². The van der Waals surface area contributed by atoms with Gasteiger partial charge in [-0.1, -0.05) is 23.7 Å². The van der Waals surface area contributed by atoms with Gasteiger partial charge >= 0.3 is 0 Å². The Kier molecular flexibility index (Phi) is 4.23. The highest BCUT2D eigenvalue weighted by atomic mass is 35.5. The molecule has 1 aromatic carbocycles. The third-order valence-corrected chi connectivity index (χ3v) is 5.72. The maximum atomic E-state index is 6.23. The predicted molar refractivity (Wildman–Crippen MR) is 104 cm³/mol. The minimum absolute atomic E-state index is 0.396. The van der Waals surface area contributed by atoms with Crippen molar-refractivity contribution in [1.82, 2.24) is 20.2 Å². The average Bonchev–Trinajstić information content (AvgIpc) is 3.36. The third kappa shape index (κ3) is 3.05. The first-order chi connectivity index (χ1) is 13.3. The van der Waals surface area contributed by atoms with Gasteiger partial charge in [0.2, 0.25) is 5.89 Å². The molecular weight excluding hydrogens is 386 g/mol. The molecule has 5 rings (SSSR count). The third-order valence-electron chi connectivity index (χ3n) is 4.36. The predicted octanol–water partition coefficient (Wildman–Crippen LogP) is 3.90. The molecule has 1 fully saturated rings. The van der Waals surface area contributed by atoms with E-state index in [1.807, 2.05) is 24.3 Å². The number of halogens is 1. The van der Waals surface area contributed by atoms with Crippen LogP contribution in [0.2, 0.25) is 5.02 Å². The molecule has 136 valence electrons. The fourth-order valence-corrected chi connectivity index (χ4v) is 4.17. The summed E-state index contributed by atoms with van der Waals surface area (Å²) in [6, 6.07) is 9.40. The lowest BCUT2D eigenvalue weighted by molar-refractivity contribution is 0.122. The van der Waals surface area contributed by atoms with Crippen LogP contribution in [0.3, 0.4) is 0 Å². The van der Waals surface area contributed by atoms with Crippen LogP contribution in [0.25, 0.3) is 32.4 Å². The quantitative estimate of drug-likeness (QED) is 0.517. The standard InChI is InChI=1S/C18H14ClN5O2S/c19-13-4-2-1-3-11(13)16-22-23-17(26-16)14-9-12-15(20-10-21-18(12)27-14)24-5-7-25-8-6-24/h1-4,9-10H,5-8H2. The summed E-state index contributed by atoms with van der Waals surface area (Å²) in [5.41, 5.74) is 0.716. The first-order valence-corrected chi connectivity index (χ1v) is 9.65. The van der Waals surface area contributed by atoms with Crippen LogP contribution in [-0.2, 0) is 4.74 Å². The molecule has 3 aromatic heterocycles. The largest absolute Gasteiger partial charge is 0.415 e. The topological polar surface area (TPSA) is 77.2 Å². The summed E-state index contributed by atoms with van der Waals surface area (Å²) >= 11 is 7.73. The summed E-state index contributed by atoms with van der Waals surface area (Å²) in [6.45, 7) is 3.03. The van der Waals surface area contributed by atoms with Crippen LogP contribution in [0, 0.1) is 0 Å². The second-order valence-corrected chi connectivity index (χ2v) is 7.46. The van der Waals surface area contributed by atoms with Gasteiger partial charge in [-0.2, -0.15) is 0 Å². The van der Waals surface area contributed by atoms with Gasteiger partial charge < -0.3 is 14.1 Å². The molecule has 4 aromatic rings. The summed E-state index contributed by atoms with van der Waals surface area (Å²) in [5, 5.41) is 9.90. The highest BCUT2D eigenvalue weighted by Gasteiger charge is 2.20. The minimum atomic E-state index is 0.396. The van der Waals surface area contributed by atoms with E-state index in [1.165, 1.54) is 11.3 Å². The zero-order chi connectivity index (χ0) is 18.2. The van der Waals surface area contributed by atoms with Crippen molar-refractivity contribution >= 4 is 39.0 Å². The van der Waals surface area contributed by atoms with E-state index >= 15 is 0 Å². The van der Waals surface area contributed by atoms with Gasteiger partial charge in [0.1, 0.15) is 17.0 Å². The Hall–Kier alpha value is -2.55. The summed E-state index contributed by atoms with van der Waals surface area (Å²) in [4.78, 5) is 12.8. The number of ether oxygens (including phenoxy) is 1. The molecule has 1 saturated heterocycles. The second-order valence-electron chi connectivity index (χ2n) is 6.02. The van der Waals surface area contributed by atoms with Gasteiger partial charge in [0.05, 0.1) is 34.1 Å². The summed E-state index contributed by atoms with van der Waals surface area (Å²) in [5.74, 6) is 1.75. The van der Waals surface area contributed by atoms with Crippen molar-refractivity contribution in [3.05, 3.63) is 41.7 Å². The van der Waals surface area contributed by atoms with E-state index in [9.17, 15) is 0 Å². The lowest BCUT2D eigenvalue weighted by Gasteiger charge is -2.28. The molecule has 0 amide bonds. The zero-order valence-electron chi connectivity index (χ0n) is 14.1. The Labute approximate surface area is 163 Å². The molecule has 0 radical (unpaired) electrons. The maximum Gasteiger partial charge on any atom is 0.258 e. The Balaban J connectivity index is 1.54. The molecule has 27 heavy (non-hydrogen) atoms. The number of nitrogens with zero attached hydrogens (tertiary/aromatic N) is 5. The molecule has 9 heteroatoms. The van der Waals surface area contributed by atoms with Gasteiger partial charge in [0, 0.05) is 13.1 Å². The summed E-state index contributed by atoms with van der Waals surface area (Å²) in [6.07, 6.45) is 1.59. The van der Waals surface area contributed by atoms with Crippen molar-refractivity contribution in [3.8, 4) is 22.2 Å². The van der Waals surface area contributed by atoms with Crippen molar-refractivity contribution in [3.63, 3.8) is 0 Å². The second kappa shape index (κ2) is 6.88. The number of benzene rings is 1. The van der Waals surface area contributed by atoms with Crippen molar-refractivity contribution in [2.24, 2.45) is 0 Å². The number of aromatic nitrogens is 4. The SMILES string of the molecule is Clc1ccccc1-c1nnc(-c2cc3c(N4CCOCC4)ncnc3s2)o1. The van der Waals surface area contributed by atoms with Crippen LogP contribution in [0.1, 0.15) is 0 Å². The number of fused-ring (bicyclic) bond motifs is 1. The van der Waals surface area contributed by atoms with Crippen LogP contribution in [0.4, 0.5) is 5.82 Å². The molecule has 0 bridgehead atoms. The lowest BCUT2D eigenvalue weighted by atomic mass is 10.2. The van der Waals surface area contributed by atoms with Gasteiger partial charge in [-0.15, -0.1) is 21.5 Å². The fraction of sp³-hybridized carbons (Fsp3) is 0.222. The van der Waals surface area contributed by atoms with Crippen molar-refractivity contribution in [2.45, 2.75) is 0 Å². The number of anilines is 1. The summed E-state index contributed by atoms with van der Waals surface area (Å²) < 4.78 is 11.3. The maximum absolute atomic E-state index is 6.23. The summed E-state index contributed by atoms with van der Waals surface area (Å²) in [7, 11) is 0. The van der Waals surface area contributed by atoms with E-state index in [4.69, 9.17) is 20.8 Å². The Morgan fingerprint density at radius 2 is 1.85 bits per heavy atom. The van der Waals surface area contributed by atoms with Gasteiger partial charge in [-0.25, -0.2) is 9.97 Å². The van der Waals surface area contributed by atoms with E-state index in [0.717, 1.165) is 34.0 Å². The Morgan fingerprint density at radius 3 is 2.70 bits per heavy atom. The monoisotopic (exact) mass is 399 g/mol. The smallest absolute Gasteiger partial charge is 0.258 e. The van der Waals surface area contributed by atoms with Crippen LogP contribution < -0.4 is 4.90 Å². The lowest BCUT2D eigenvalue weighted by Crippen LogP contribution is -2.36. The first kappa shape index (κ1) is 16.6. The van der Waals surface area contributed by atoms with Crippen LogP contribution in [0.5, 0.6) is 0 Å². The number of rotatable bonds is 3. The molecular formula is C18H14ClN5O2S. The fourth-order valence-electron chi connectivity index (χ4n) is 3.04. The van der Waals surface area contributed by atoms with Crippen molar-refractivity contribution in [2.75, 3.05) is 31.2 Å². The molecule has 0 N–H and O–H groups in total. The van der Waals surface area contributed by atoms with Gasteiger partial charge in [0.15, 0.2) is 0 Å².